The molecule has 3 nitrogen and oxygen atoms in total. The van der Waals surface area contributed by atoms with E-state index >= 15 is 0 Å². The van der Waals surface area contributed by atoms with Crippen molar-refractivity contribution in [2.24, 2.45) is 0 Å². The monoisotopic (exact) mass is 227 g/mol. The Balaban J connectivity index is 2.46. The minimum atomic E-state index is 0.641. The Morgan fingerprint density at radius 1 is 1.31 bits per heavy atom. The summed E-state index contributed by atoms with van der Waals surface area (Å²) in [4.78, 5) is 8.49. The quantitative estimate of drug-likeness (QED) is 0.584. The van der Waals surface area contributed by atoms with Crippen molar-refractivity contribution in [3.8, 4) is 17.3 Å². The second kappa shape index (κ2) is 4.77. The lowest BCUT2D eigenvalue weighted by Crippen LogP contribution is -1.89. The summed E-state index contributed by atoms with van der Waals surface area (Å²) in [5.74, 6) is 0. The smallest absolute Gasteiger partial charge is 0.187 e. The topological polar surface area (TPSA) is 49.6 Å². The summed E-state index contributed by atoms with van der Waals surface area (Å²) in [7, 11) is 0. The van der Waals surface area contributed by atoms with Gasteiger partial charge in [-0.15, -0.1) is 0 Å². The van der Waals surface area contributed by atoms with Gasteiger partial charge in [-0.05, 0) is 24.5 Å². The van der Waals surface area contributed by atoms with Crippen molar-refractivity contribution in [3.63, 3.8) is 0 Å². The maximum Gasteiger partial charge on any atom is 0.187 e. The summed E-state index contributed by atoms with van der Waals surface area (Å²) in [5, 5.41) is 9.56. The highest BCUT2D eigenvalue weighted by Gasteiger charge is 2.02. The first kappa shape index (κ1) is 10.7. The minimum absolute atomic E-state index is 0.641. The van der Waals surface area contributed by atoms with Crippen molar-refractivity contribution in [2.75, 3.05) is 6.26 Å². The van der Waals surface area contributed by atoms with Crippen molar-refractivity contribution >= 4 is 11.8 Å². The van der Waals surface area contributed by atoms with Gasteiger partial charge in [-0.2, -0.15) is 5.26 Å². The molecule has 0 bridgehead atoms. The molecule has 16 heavy (non-hydrogen) atoms. The second-order valence-electron chi connectivity index (χ2n) is 3.12. The van der Waals surface area contributed by atoms with Crippen LogP contribution >= 0.6 is 11.8 Å². The minimum Gasteiger partial charge on any atom is -0.231 e. The van der Waals surface area contributed by atoms with E-state index in [0.717, 1.165) is 16.4 Å². The predicted octanol–water partition coefficient (Wildman–Crippen LogP) is 2.74. The fourth-order valence-electron chi connectivity index (χ4n) is 1.35. The number of hydrogen-bond donors (Lipinski definition) is 0. The van der Waals surface area contributed by atoms with Crippen LogP contribution in [0.2, 0.25) is 0 Å². The molecule has 78 valence electrons. The molecular weight excluding hydrogens is 218 g/mol. The van der Waals surface area contributed by atoms with E-state index in [9.17, 15) is 0 Å². The highest BCUT2D eigenvalue weighted by atomic mass is 32.2. The zero-order valence-corrected chi connectivity index (χ0v) is 9.53. The second-order valence-corrected chi connectivity index (χ2v) is 3.89. The molecule has 1 heterocycles. The summed E-state index contributed by atoms with van der Waals surface area (Å²) in [5.41, 5.74) is 2.43. The maximum atomic E-state index is 8.82. The number of benzene rings is 1. The predicted molar refractivity (Wildman–Crippen MR) is 64.0 cm³/mol. The molecule has 1 aromatic heterocycles. The van der Waals surface area contributed by atoms with Gasteiger partial charge in [-0.1, -0.05) is 23.9 Å². The van der Waals surface area contributed by atoms with Crippen LogP contribution in [0.25, 0.3) is 11.3 Å². The largest absolute Gasteiger partial charge is 0.231 e. The fraction of sp³-hybridized carbons (Fsp3) is 0.0833. The third-order valence-corrected chi connectivity index (χ3v) is 2.67. The van der Waals surface area contributed by atoms with Crippen molar-refractivity contribution < 1.29 is 0 Å². The van der Waals surface area contributed by atoms with E-state index in [2.05, 4.69) is 16.0 Å². The number of nitrogens with zero attached hydrogens (tertiary/aromatic N) is 3. The van der Waals surface area contributed by atoms with Gasteiger partial charge in [0, 0.05) is 11.8 Å². The van der Waals surface area contributed by atoms with Crippen LogP contribution in [0, 0.1) is 11.3 Å². The average Bonchev–Trinajstić information content (AvgIpc) is 2.39. The molecule has 0 radical (unpaired) electrons. The van der Waals surface area contributed by atoms with Crippen molar-refractivity contribution in [2.45, 2.75) is 5.16 Å². The van der Waals surface area contributed by atoms with E-state index in [1.807, 2.05) is 30.5 Å². The Hall–Kier alpha value is -1.86. The third-order valence-electron chi connectivity index (χ3n) is 2.10. The summed E-state index contributed by atoms with van der Waals surface area (Å²) in [6.07, 6.45) is 3.66. The van der Waals surface area contributed by atoms with Gasteiger partial charge in [0.2, 0.25) is 0 Å². The zero-order chi connectivity index (χ0) is 11.4. The lowest BCUT2D eigenvalue weighted by molar-refractivity contribution is 0.976. The van der Waals surface area contributed by atoms with Gasteiger partial charge in [0.1, 0.15) is 0 Å². The molecule has 0 spiro atoms. The first-order valence-electron chi connectivity index (χ1n) is 4.71. The summed E-state index contributed by atoms with van der Waals surface area (Å²) >= 11 is 1.50. The highest BCUT2D eigenvalue weighted by Crippen LogP contribution is 2.19. The van der Waals surface area contributed by atoms with Crippen molar-refractivity contribution in [3.05, 3.63) is 42.1 Å². The van der Waals surface area contributed by atoms with E-state index in [4.69, 9.17) is 5.26 Å². The van der Waals surface area contributed by atoms with Gasteiger partial charge in [0.15, 0.2) is 5.16 Å². The third kappa shape index (κ3) is 2.20. The molecule has 0 aliphatic rings. The van der Waals surface area contributed by atoms with Crippen LogP contribution in [0.3, 0.4) is 0 Å². The fourth-order valence-corrected chi connectivity index (χ4v) is 1.70. The molecule has 0 aliphatic carbocycles. The van der Waals surface area contributed by atoms with Gasteiger partial charge >= 0.3 is 0 Å². The number of rotatable bonds is 2. The molecule has 0 N–H and O–H groups in total. The van der Waals surface area contributed by atoms with E-state index in [-0.39, 0.29) is 0 Å². The summed E-state index contributed by atoms with van der Waals surface area (Å²) < 4.78 is 0. The van der Waals surface area contributed by atoms with Crippen LogP contribution in [0.5, 0.6) is 0 Å². The Labute approximate surface area is 98.2 Å². The van der Waals surface area contributed by atoms with Gasteiger partial charge in [0.25, 0.3) is 0 Å². The van der Waals surface area contributed by atoms with Crippen LogP contribution in [0.15, 0.2) is 41.7 Å². The molecule has 0 saturated heterocycles. The Kier molecular flexibility index (Phi) is 3.18. The van der Waals surface area contributed by atoms with E-state index in [1.54, 1.807) is 12.3 Å². The normalized spacial score (nSPS) is 9.75. The number of thioether (sulfide) groups is 1. The Bertz CT molecular complexity index is 546. The van der Waals surface area contributed by atoms with E-state index < -0.39 is 0 Å². The molecule has 4 heteroatoms. The first-order chi connectivity index (χ1) is 7.83. The van der Waals surface area contributed by atoms with E-state index in [1.165, 1.54) is 11.8 Å². The Morgan fingerprint density at radius 3 is 2.94 bits per heavy atom. The Morgan fingerprint density at radius 2 is 2.19 bits per heavy atom. The molecule has 2 aromatic rings. The molecule has 0 aliphatic heterocycles. The number of hydrogen-bond acceptors (Lipinski definition) is 4. The lowest BCUT2D eigenvalue weighted by Gasteiger charge is -2.02. The zero-order valence-electron chi connectivity index (χ0n) is 8.71. The van der Waals surface area contributed by atoms with Crippen LogP contribution in [-0.4, -0.2) is 16.2 Å². The molecular formula is C12H9N3S. The van der Waals surface area contributed by atoms with Gasteiger partial charge in [0.05, 0.1) is 17.3 Å². The van der Waals surface area contributed by atoms with Gasteiger partial charge in [-0.25, -0.2) is 9.97 Å². The molecule has 0 atom stereocenters. The van der Waals surface area contributed by atoms with Crippen molar-refractivity contribution in [1.29, 1.82) is 5.26 Å². The van der Waals surface area contributed by atoms with Crippen LogP contribution in [0.1, 0.15) is 5.56 Å². The first-order valence-corrected chi connectivity index (χ1v) is 5.93. The summed E-state index contributed by atoms with van der Waals surface area (Å²) in [6, 6.07) is 11.4. The molecule has 0 fully saturated rings. The lowest BCUT2D eigenvalue weighted by atomic mass is 10.1. The van der Waals surface area contributed by atoms with E-state index in [0.29, 0.717) is 5.56 Å². The molecule has 0 amide bonds. The standard InChI is InChI=1S/C12H9N3S/c1-16-12-14-6-5-11(15-12)10-4-2-3-9(7-10)8-13/h2-7H,1H3. The average molecular weight is 227 g/mol. The van der Waals surface area contributed by atoms with Gasteiger partial charge < -0.3 is 0 Å². The SMILES string of the molecule is CSc1nccc(-c2cccc(C#N)c2)n1. The molecule has 0 saturated carbocycles. The van der Waals surface area contributed by atoms with Gasteiger partial charge in [-0.3, -0.25) is 0 Å². The molecule has 0 unspecified atom stereocenters. The van der Waals surface area contributed by atoms with Crippen LogP contribution in [0.4, 0.5) is 0 Å². The van der Waals surface area contributed by atoms with Crippen molar-refractivity contribution in [1.82, 2.24) is 9.97 Å². The van der Waals surface area contributed by atoms with Crippen LogP contribution in [-0.2, 0) is 0 Å². The number of aromatic nitrogens is 2. The number of nitriles is 1. The summed E-state index contributed by atoms with van der Waals surface area (Å²) in [6.45, 7) is 0. The highest BCUT2D eigenvalue weighted by molar-refractivity contribution is 7.98. The molecule has 1 aromatic carbocycles. The maximum absolute atomic E-state index is 8.82. The van der Waals surface area contributed by atoms with Crippen LogP contribution < -0.4 is 0 Å². The molecule has 2 rings (SSSR count).